The van der Waals surface area contributed by atoms with Crippen molar-refractivity contribution < 1.29 is 19.1 Å². The van der Waals surface area contributed by atoms with Crippen molar-refractivity contribution in [2.45, 2.75) is 71.8 Å². The summed E-state index contributed by atoms with van der Waals surface area (Å²) >= 11 is 12.0. The standard InChI is InChI=1S/C33H43Cl2NO4/c1-4-22-18-24-20-26(40-32(38)23-6-5-7-25(19-23)36(16-14-34)17-15-35)8-9-27(24)28-12-13-33(3)29(31(22)28)10-11-30(33)39-21(2)37/h5-7,18-20,22,27-31H,4,8-17H2,1-3H3/t22-,27+,28-,29+,30+,31-,33+/m1/s1. The summed E-state index contributed by atoms with van der Waals surface area (Å²) in [4.78, 5) is 27.1. The fourth-order valence-electron chi connectivity index (χ4n) is 8.53. The van der Waals surface area contributed by atoms with Gasteiger partial charge in [-0.2, -0.15) is 0 Å². The van der Waals surface area contributed by atoms with Gasteiger partial charge in [0, 0.05) is 49.3 Å². The Morgan fingerprint density at radius 1 is 1.10 bits per heavy atom. The molecule has 0 heterocycles. The van der Waals surface area contributed by atoms with Crippen LogP contribution in [0.5, 0.6) is 0 Å². The zero-order chi connectivity index (χ0) is 28.4. The van der Waals surface area contributed by atoms with Crippen LogP contribution >= 0.6 is 23.2 Å². The lowest BCUT2D eigenvalue weighted by Crippen LogP contribution is -2.50. The molecule has 2 fully saturated rings. The van der Waals surface area contributed by atoms with Gasteiger partial charge in [-0.25, -0.2) is 4.79 Å². The number of carbonyl (C=O) groups excluding carboxylic acids is 2. The predicted octanol–water partition coefficient (Wildman–Crippen LogP) is 7.76. The number of benzene rings is 1. The maximum absolute atomic E-state index is 13.2. The molecule has 218 valence electrons. The van der Waals surface area contributed by atoms with Gasteiger partial charge in [0.25, 0.3) is 0 Å². The number of allylic oxidation sites excluding steroid dienone is 4. The molecule has 0 bridgehead atoms. The first-order valence-corrected chi connectivity index (χ1v) is 16.1. The van der Waals surface area contributed by atoms with Crippen molar-refractivity contribution in [3.05, 3.63) is 53.3 Å². The Labute approximate surface area is 249 Å². The molecule has 0 spiro atoms. The van der Waals surface area contributed by atoms with Gasteiger partial charge in [-0.3, -0.25) is 4.79 Å². The number of ether oxygens (including phenoxy) is 2. The first-order chi connectivity index (χ1) is 19.3. The van der Waals surface area contributed by atoms with Crippen molar-refractivity contribution in [3.63, 3.8) is 0 Å². The number of alkyl halides is 2. The van der Waals surface area contributed by atoms with Crippen LogP contribution in [0.15, 0.2) is 47.7 Å². The van der Waals surface area contributed by atoms with Gasteiger partial charge in [0.05, 0.1) is 5.56 Å². The van der Waals surface area contributed by atoms with Crippen LogP contribution in [-0.4, -0.2) is 42.9 Å². The number of rotatable bonds is 9. The molecule has 7 heteroatoms. The van der Waals surface area contributed by atoms with Crippen LogP contribution in [0.3, 0.4) is 0 Å². The summed E-state index contributed by atoms with van der Waals surface area (Å²) in [5, 5.41) is 0. The Kier molecular flexibility index (Phi) is 9.21. The van der Waals surface area contributed by atoms with Crippen LogP contribution in [0.1, 0.15) is 76.1 Å². The third-order valence-corrected chi connectivity index (χ3v) is 10.7. The number of nitrogens with zero attached hydrogens (tertiary/aromatic N) is 1. The lowest BCUT2D eigenvalue weighted by atomic mass is 9.50. The highest BCUT2D eigenvalue weighted by Gasteiger charge is 2.58. The lowest BCUT2D eigenvalue weighted by molar-refractivity contribution is -0.156. The number of halogens is 2. The minimum absolute atomic E-state index is 0.0477. The van der Waals surface area contributed by atoms with Crippen LogP contribution in [0.2, 0.25) is 0 Å². The van der Waals surface area contributed by atoms with E-state index in [4.69, 9.17) is 32.7 Å². The first kappa shape index (κ1) is 29.5. The molecule has 0 aromatic heterocycles. The number of carbonyl (C=O) groups is 2. The molecular formula is C33H43Cl2NO4. The van der Waals surface area contributed by atoms with Crippen molar-refractivity contribution in [1.82, 2.24) is 0 Å². The van der Waals surface area contributed by atoms with Crippen molar-refractivity contribution >= 4 is 40.8 Å². The van der Waals surface area contributed by atoms with Crippen LogP contribution in [-0.2, 0) is 14.3 Å². The average Bonchev–Trinajstić information content (AvgIpc) is 3.27. The molecule has 0 N–H and O–H groups in total. The number of hydrogen-bond donors (Lipinski definition) is 0. The summed E-state index contributed by atoms with van der Waals surface area (Å²) in [6.45, 7) is 7.54. The van der Waals surface area contributed by atoms with E-state index in [0.717, 1.165) is 50.0 Å². The smallest absolute Gasteiger partial charge is 0.343 e. The number of fused-ring (bicyclic) bond motifs is 5. The zero-order valence-corrected chi connectivity index (χ0v) is 25.6. The van der Waals surface area contributed by atoms with Gasteiger partial charge in [0.15, 0.2) is 0 Å². The van der Waals surface area contributed by atoms with Crippen molar-refractivity contribution in [2.24, 2.45) is 35.0 Å². The van der Waals surface area contributed by atoms with Crippen molar-refractivity contribution in [3.8, 4) is 0 Å². The molecule has 4 aliphatic rings. The van der Waals surface area contributed by atoms with Gasteiger partial charge in [-0.05, 0) is 98.0 Å². The zero-order valence-electron chi connectivity index (χ0n) is 24.0. The van der Waals surface area contributed by atoms with E-state index >= 15 is 0 Å². The van der Waals surface area contributed by atoms with E-state index in [1.807, 2.05) is 18.2 Å². The molecule has 2 saturated carbocycles. The molecule has 1 aromatic carbocycles. The van der Waals surface area contributed by atoms with Gasteiger partial charge in [-0.1, -0.05) is 26.0 Å². The SMILES string of the molecule is CC[C@@H]1C=C2C=C(OC(=O)c3cccc(N(CCCl)CCCl)c3)CC[C@@H]2[C@H]2CC[C@]3(C)[C@@H](OC(C)=O)CC[C@H]3[C@@H]21. The Hall–Kier alpha value is -1.98. The molecule has 1 aromatic rings. The molecule has 0 aliphatic heterocycles. The Morgan fingerprint density at radius 2 is 1.88 bits per heavy atom. The molecule has 0 unspecified atom stereocenters. The van der Waals surface area contributed by atoms with Gasteiger partial charge < -0.3 is 14.4 Å². The molecule has 5 rings (SSSR count). The fraction of sp³-hybridized carbons (Fsp3) is 0.636. The highest BCUT2D eigenvalue weighted by Crippen LogP contribution is 2.63. The molecule has 5 nitrogen and oxygen atoms in total. The van der Waals surface area contributed by atoms with Gasteiger partial charge in [-0.15, -0.1) is 23.2 Å². The summed E-state index contributed by atoms with van der Waals surface area (Å²) in [5.41, 5.74) is 2.89. The van der Waals surface area contributed by atoms with Gasteiger partial charge in [0.2, 0.25) is 0 Å². The Bertz CT molecular complexity index is 1160. The Balaban J connectivity index is 1.33. The van der Waals surface area contributed by atoms with E-state index in [1.54, 1.807) is 13.0 Å². The summed E-state index contributed by atoms with van der Waals surface area (Å²) < 4.78 is 11.8. The van der Waals surface area contributed by atoms with E-state index < -0.39 is 0 Å². The minimum atomic E-state index is -0.319. The second-order valence-corrected chi connectivity index (χ2v) is 13.1. The fourth-order valence-corrected chi connectivity index (χ4v) is 8.94. The van der Waals surface area contributed by atoms with E-state index in [9.17, 15) is 9.59 Å². The van der Waals surface area contributed by atoms with Gasteiger partial charge >= 0.3 is 11.9 Å². The molecule has 7 atom stereocenters. The molecule has 0 radical (unpaired) electrons. The van der Waals surface area contributed by atoms with Crippen LogP contribution in [0.4, 0.5) is 5.69 Å². The number of esters is 2. The summed E-state index contributed by atoms with van der Waals surface area (Å²) in [7, 11) is 0. The molecule has 40 heavy (non-hydrogen) atoms. The van der Waals surface area contributed by atoms with E-state index in [-0.39, 0.29) is 23.5 Å². The highest BCUT2D eigenvalue weighted by molar-refractivity contribution is 6.18. The van der Waals surface area contributed by atoms with Gasteiger partial charge in [0.1, 0.15) is 11.9 Å². The minimum Gasteiger partial charge on any atom is -0.462 e. The second-order valence-electron chi connectivity index (χ2n) is 12.4. The molecule has 0 amide bonds. The monoisotopic (exact) mass is 587 g/mol. The molecule has 0 saturated heterocycles. The molecule has 4 aliphatic carbocycles. The largest absolute Gasteiger partial charge is 0.462 e. The lowest BCUT2D eigenvalue weighted by Gasteiger charge is -2.55. The number of anilines is 1. The summed E-state index contributed by atoms with van der Waals surface area (Å²) in [6, 6.07) is 7.53. The third kappa shape index (κ3) is 5.70. The predicted molar refractivity (Wildman–Crippen MR) is 161 cm³/mol. The maximum atomic E-state index is 13.2. The second kappa shape index (κ2) is 12.5. The maximum Gasteiger partial charge on any atom is 0.343 e. The van der Waals surface area contributed by atoms with E-state index in [1.165, 1.54) is 12.0 Å². The van der Waals surface area contributed by atoms with E-state index in [0.29, 0.717) is 60.0 Å². The quantitative estimate of drug-likeness (QED) is 0.218. The third-order valence-electron chi connectivity index (χ3n) is 10.3. The van der Waals surface area contributed by atoms with Crippen LogP contribution in [0.25, 0.3) is 0 Å². The van der Waals surface area contributed by atoms with E-state index in [2.05, 4.69) is 30.9 Å². The normalized spacial score (nSPS) is 32.6. The van der Waals surface area contributed by atoms with Crippen molar-refractivity contribution in [1.29, 1.82) is 0 Å². The topological polar surface area (TPSA) is 55.8 Å². The van der Waals surface area contributed by atoms with Crippen LogP contribution < -0.4 is 4.90 Å². The first-order valence-electron chi connectivity index (χ1n) is 15.1. The summed E-state index contributed by atoms with van der Waals surface area (Å²) in [6.07, 6.45) is 12.0. The average molecular weight is 589 g/mol. The number of hydrogen-bond acceptors (Lipinski definition) is 5. The highest BCUT2D eigenvalue weighted by atomic mass is 35.5. The Morgan fingerprint density at radius 3 is 2.58 bits per heavy atom. The van der Waals surface area contributed by atoms with Crippen LogP contribution in [0, 0.1) is 35.0 Å². The summed E-state index contributed by atoms with van der Waals surface area (Å²) in [5.74, 6) is 4.13. The van der Waals surface area contributed by atoms with Crippen molar-refractivity contribution in [2.75, 3.05) is 29.7 Å². The molecular weight excluding hydrogens is 545 g/mol.